The Morgan fingerprint density at radius 1 is 1.00 bits per heavy atom. The number of methoxy groups -OCH3 is 3. The Hall–Kier alpha value is -3.00. The van der Waals surface area contributed by atoms with Crippen molar-refractivity contribution < 1.29 is 32.9 Å². The van der Waals surface area contributed by atoms with Gasteiger partial charge in [0.2, 0.25) is 0 Å². The number of anilines is 1. The number of hydrogen-bond acceptors (Lipinski definition) is 6. The van der Waals surface area contributed by atoms with Crippen LogP contribution in [0.25, 0.3) is 0 Å². The van der Waals surface area contributed by atoms with Crippen molar-refractivity contribution in [3.63, 3.8) is 0 Å². The lowest BCUT2D eigenvalue weighted by atomic mass is 10.1. The van der Waals surface area contributed by atoms with Gasteiger partial charge in [0.15, 0.2) is 17.6 Å². The molecule has 28 heavy (non-hydrogen) atoms. The Morgan fingerprint density at radius 2 is 1.61 bits per heavy atom. The average Bonchev–Trinajstić information content (AvgIpc) is 2.68. The smallest absolute Gasteiger partial charge is 0.342 e. The molecule has 0 saturated carbocycles. The number of halogens is 2. The predicted molar refractivity (Wildman–Crippen MR) is 101 cm³/mol. The number of rotatable bonds is 7. The SMILES string of the molecule is COc1cc(OC)c(C(=O)OC(C)C(=O)Nc2ccc(F)cc2Cl)cc1OC. The number of esters is 1. The van der Waals surface area contributed by atoms with Crippen LogP contribution in [0.1, 0.15) is 17.3 Å². The van der Waals surface area contributed by atoms with Gasteiger partial charge in [0, 0.05) is 12.1 Å². The zero-order chi connectivity index (χ0) is 20.8. The molecule has 0 radical (unpaired) electrons. The van der Waals surface area contributed by atoms with Crippen LogP contribution in [0.15, 0.2) is 30.3 Å². The van der Waals surface area contributed by atoms with E-state index in [4.69, 9.17) is 30.5 Å². The highest BCUT2D eigenvalue weighted by Gasteiger charge is 2.24. The van der Waals surface area contributed by atoms with E-state index >= 15 is 0 Å². The van der Waals surface area contributed by atoms with Gasteiger partial charge in [-0.15, -0.1) is 0 Å². The second-order valence-corrected chi connectivity index (χ2v) is 5.98. The van der Waals surface area contributed by atoms with E-state index in [0.717, 1.165) is 12.1 Å². The zero-order valence-electron chi connectivity index (χ0n) is 15.7. The molecule has 0 heterocycles. The van der Waals surface area contributed by atoms with Crippen LogP contribution in [-0.2, 0) is 9.53 Å². The molecule has 1 atom stereocenters. The highest BCUT2D eigenvalue weighted by atomic mass is 35.5. The van der Waals surface area contributed by atoms with E-state index < -0.39 is 23.8 Å². The molecule has 0 aromatic heterocycles. The summed E-state index contributed by atoms with van der Waals surface area (Å²) in [5.41, 5.74) is 0.249. The number of amides is 1. The van der Waals surface area contributed by atoms with Crippen LogP contribution in [-0.4, -0.2) is 39.3 Å². The van der Waals surface area contributed by atoms with Gasteiger partial charge in [-0.1, -0.05) is 11.6 Å². The minimum absolute atomic E-state index is 0.0217. The van der Waals surface area contributed by atoms with Gasteiger partial charge in [0.05, 0.1) is 32.0 Å². The first kappa shape index (κ1) is 21.3. The molecule has 0 aliphatic heterocycles. The van der Waals surface area contributed by atoms with Crippen LogP contribution < -0.4 is 19.5 Å². The van der Waals surface area contributed by atoms with Gasteiger partial charge in [-0.3, -0.25) is 4.79 Å². The van der Waals surface area contributed by atoms with Crippen LogP contribution >= 0.6 is 11.6 Å². The molecule has 2 aromatic carbocycles. The number of carbonyl (C=O) groups is 2. The van der Waals surface area contributed by atoms with Crippen LogP contribution in [0.3, 0.4) is 0 Å². The van der Waals surface area contributed by atoms with Crippen molar-refractivity contribution in [2.45, 2.75) is 13.0 Å². The van der Waals surface area contributed by atoms with E-state index in [2.05, 4.69) is 5.32 Å². The summed E-state index contributed by atoms with van der Waals surface area (Å²) in [7, 11) is 4.24. The summed E-state index contributed by atoms with van der Waals surface area (Å²) in [6, 6.07) is 6.37. The molecule has 2 aromatic rings. The fourth-order valence-electron chi connectivity index (χ4n) is 2.29. The van der Waals surface area contributed by atoms with Gasteiger partial charge in [0.1, 0.15) is 17.1 Å². The molecule has 1 N–H and O–H groups in total. The maximum atomic E-state index is 13.1. The van der Waals surface area contributed by atoms with Crippen LogP contribution in [0.2, 0.25) is 5.02 Å². The van der Waals surface area contributed by atoms with E-state index in [1.54, 1.807) is 0 Å². The van der Waals surface area contributed by atoms with Crippen molar-refractivity contribution in [3.05, 3.63) is 46.7 Å². The first-order chi connectivity index (χ1) is 13.3. The highest BCUT2D eigenvalue weighted by Crippen LogP contribution is 2.35. The molecule has 9 heteroatoms. The minimum atomic E-state index is -1.16. The topological polar surface area (TPSA) is 83.1 Å². The predicted octanol–water partition coefficient (Wildman–Crippen LogP) is 3.69. The van der Waals surface area contributed by atoms with Gasteiger partial charge in [0.25, 0.3) is 5.91 Å². The van der Waals surface area contributed by atoms with E-state index in [1.807, 2.05) is 0 Å². The van der Waals surface area contributed by atoms with Crippen molar-refractivity contribution in [3.8, 4) is 17.2 Å². The highest BCUT2D eigenvalue weighted by molar-refractivity contribution is 6.33. The van der Waals surface area contributed by atoms with Gasteiger partial charge in [-0.05, 0) is 25.1 Å². The molecule has 1 unspecified atom stereocenters. The average molecular weight is 412 g/mol. The fourth-order valence-corrected chi connectivity index (χ4v) is 2.51. The lowest BCUT2D eigenvalue weighted by Gasteiger charge is -2.17. The molecule has 2 rings (SSSR count). The summed E-state index contributed by atoms with van der Waals surface area (Å²) >= 11 is 5.88. The van der Waals surface area contributed by atoms with Crippen molar-refractivity contribution in [1.82, 2.24) is 0 Å². The second kappa shape index (κ2) is 9.27. The molecule has 0 saturated heterocycles. The lowest BCUT2D eigenvalue weighted by molar-refractivity contribution is -0.123. The third-order valence-corrected chi connectivity index (χ3v) is 4.08. The number of ether oxygens (including phenoxy) is 4. The monoisotopic (exact) mass is 411 g/mol. The summed E-state index contributed by atoms with van der Waals surface area (Å²) in [5, 5.41) is 2.49. The molecule has 7 nitrogen and oxygen atoms in total. The largest absolute Gasteiger partial charge is 0.496 e. The molecule has 0 fully saturated rings. The van der Waals surface area contributed by atoms with Crippen LogP contribution in [0.4, 0.5) is 10.1 Å². The Bertz CT molecular complexity index is 889. The number of nitrogens with one attached hydrogen (secondary N) is 1. The van der Waals surface area contributed by atoms with E-state index in [-0.39, 0.29) is 22.0 Å². The summed E-state index contributed by atoms with van der Waals surface area (Å²) < 4.78 is 33.8. The lowest BCUT2D eigenvalue weighted by Crippen LogP contribution is -2.30. The third kappa shape index (κ3) is 4.83. The Kier molecular flexibility index (Phi) is 7.06. The molecule has 150 valence electrons. The third-order valence-electron chi connectivity index (χ3n) is 3.77. The van der Waals surface area contributed by atoms with Crippen LogP contribution in [0, 0.1) is 5.82 Å². The number of hydrogen-bond donors (Lipinski definition) is 1. The molecule has 0 spiro atoms. The summed E-state index contributed by atoms with van der Waals surface area (Å²) in [6.07, 6.45) is -1.16. The summed E-state index contributed by atoms with van der Waals surface area (Å²) in [5.74, 6) is -1.12. The van der Waals surface area contributed by atoms with Gasteiger partial charge in [-0.2, -0.15) is 0 Å². The molecule has 0 aliphatic rings. The second-order valence-electron chi connectivity index (χ2n) is 5.57. The quantitative estimate of drug-likeness (QED) is 0.700. The zero-order valence-corrected chi connectivity index (χ0v) is 16.4. The van der Waals surface area contributed by atoms with Crippen molar-refractivity contribution in [2.75, 3.05) is 26.6 Å². The van der Waals surface area contributed by atoms with E-state index in [1.165, 1.54) is 46.5 Å². The van der Waals surface area contributed by atoms with E-state index in [0.29, 0.717) is 11.5 Å². The van der Waals surface area contributed by atoms with E-state index in [9.17, 15) is 14.0 Å². The molecule has 1 amide bonds. The van der Waals surface area contributed by atoms with Gasteiger partial charge >= 0.3 is 5.97 Å². The maximum absolute atomic E-state index is 13.1. The molecule has 0 aliphatic carbocycles. The van der Waals surface area contributed by atoms with Crippen molar-refractivity contribution >= 4 is 29.2 Å². The summed E-state index contributed by atoms with van der Waals surface area (Å²) in [4.78, 5) is 24.8. The van der Waals surface area contributed by atoms with Crippen molar-refractivity contribution in [1.29, 1.82) is 0 Å². The fraction of sp³-hybridized carbons (Fsp3) is 0.263. The molecular formula is C19H19ClFNO6. The maximum Gasteiger partial charge on any atom is 0.342 e. The molecular weight excluding hydrogens is 393 g/mol. The number of benzene rings is 2. The van der Waals surface area contributed by atoms with Gasteiger partial charge in [-0.25, -0.2) is 9.18 Å². The molecule has 0 bridgehead atoms. The van der Waals surface area contributed by atoms with Crippen molar-refractivity contribution in [2.24, 2.45) is 0 Å². The number of carbonyl (C=O) groups excluding carboxylic acids is 2. The Balaban J connectivity index is 2.16. The normalized spacial score (nSPS) is 11.4. The first-order valence-electron chi connectivity index (χ1n) is 8.07. The van der Waals surface area contributed by atoms with Gasteiger partial charge < -0.3 is 24.3 Å². The Morgan fingerprint density at radius 3 is 2.18 bits per heavy atom. The summed E-state index contributed by atoms with van der Waals surface area (Å²) in [6.45, 7) is 1.39. The Labute approximate surface area is 166 Å². The first-order valence-corrected chi connectivity index (χ1v) is 8.45. The standard InChI is InChI=1S/C19H19ClFNO6/c1-10(18(23)22-14-6-5-11(21)7-13(14)20)28-19(24)12-8-16(26-3)17(27-4)9-15(12)25-2/h5-10H,1-4H3,(H,22,23). The minimum Gasteiger partial charge on any atom is -0.496 e. The van der Waals surface area contributed by atoms with Crippen LogP contribution in [0.5, 0.6) is 17.2 Å².